The molecule has 0 aromatic heterocycles. The molecule has 3 fully saturated rings. The molecule has 0 unspecified atom stereocenters. The molecule has 2 heterocycles. The number of hydrogen-bond acceptors (Lipinski definition) is 4. The van der Waals surface area contributed by atoms with Crippen molar-refractivity contribution >= 4 is 11.9 Å². The lowest BCUT2D eigenvalue weighted by Gasteiger charge is -2.44. The second kappa shape index (κ2) is 7.51. The number of carbonyl (C=O) groups excluding carboxylic acids is 2. The number of carbonyl (C=O) groups is 2. The second-order valence-electron chi connectivity index (χ2n) is 8.77. The number of esters is 1. The summed E-state index contributed by atoms with van der Waals surface area (Å²) in [7, 11) is 1.67. The van der Waals surface area contributed by atoms with Gasteiger partial charge in [-0.3, -0.25) is 9.59 Å². The van der Waals surface area contributed by atoms with Gasteiger partial charge < -0.3 is 14.4 Å². The van der Waals surface area contributed by atoms with Crippen LogP contribution in [0.15, 0.2) is 30.3 Å². The zero-order valence-electron chi connectivity index (χ0n) is 17.0. The monoisotopic (exact) mass is 385 g/mol. The zero-order chi connectivity index (χ0) is 19.8. The summed E-state index contributed by atoms with van der Waals surface area (Å²) >= 11 is 0. The summed E-state index contributed by atoms with van der Waals surface area (Å²) in [6.07, 6.45) is 6.06. The van der Waals surface area contributed by atoms with Crippen LogP contribution in [0.25, 0.3) is 0 Å². The number of benzene rings is 1. The molecule has 1 aliphatic carbocycles. The summed E-state index contributed by atoms with van der Waals surface area (Å²) < 4.78 is 11.0. The third kappa shape index (κ3) is 2.95. The Morgan fingerprint density at radius 3 is 2.54 bits per heavy atom. The SMILES string of the molecule is CCOC(=O)[C@@]1(Cc2ccccc2)C[C@H]2CC[C@@H]1N2C(=O)C1(COC)CCC1. The van der Waals surface area contributed by atoms with Gasteiger partial charge in [0.1, 0.15) is 0 Å². The Labute approximate surface area is 167 Å². The van der Waals surface area contributed by atoms with E-state index in [9.17, 15) is 9.59 Å². The van der Waals surface area contributed by atoms with Crippen molar-refractivity contribution in [2.75, 3.05) is 20.3 Å². The minimum absolute atomic E-state index is 0.0708. The van der Waals surface area contributed by atoms with Crippen molar-refractivity contribution in [3.8, 4) is 0 Å². The van der Waals surface area contributed by atoms with Gasteiger partial charge in [0.2, 0.25) is 5.91 Å². The highest BCUT2D eigenvalue weighted by molar-refractivity contribution is 5.88. The fourth-order valence-electron chi connectivity index (χ4n) is 5.78. The molecule has 1 aromatic rings. The second-order valence-corrected chi connectivity index (χ2v) is 8.77. The van der Waals surface area contributed by atoms with Gasteiger partial charge in [-0.1, -0.05) is 36.8 Å². The van der Waals surface area contributed by atoms with Crippen molar-refractivity contribution in [3.63, 3.8) is 0 Å². The van der Waals surface area contributed by atoms with E-state index < -0.39 is 5.41 Å². The van der Waals surface area contributed by atoms with Crippen molar-refractivity contribution in [1.29, 1.82) is 0 Å². The number of amides is 1. The first-order valence-corrected chi connectivity index (χ1v) is 10.6. The Kier molecular flexibility index (Phi) is 5.21. The highest BCUT2D eigenvalue weighted by atomic mass is 16.5. The Morgan fingerprint density at radius 1 is 1.18 bits per heavy atom. The van der Waals surface area contributed by atoms with E-state index in [-0.39, 0.29) is 29.4 Å². The maximum absolute atomic E-state index is 13.6. The average Bonchev–Trinajstić information content (AvgIpc) is 3.21. The number of hydrogen-bond donors (Lipinski definition) is 0. The Bertz CT molecular complexity index is 729. The van der Waals surface area contributed by atoms with Crippen molar-refractivity contribution in [1.82, 2.24) is 4.90 Å². The van der Waals surface area contributed by atoms with Crippen LogP contribution < -0.4 is 0 Å². The van der Waals surface area contributed by atoms with Gasteiger partial charge in [0, 0.05) is 19.2 Å². The van der Waals surface area contributed by atoms with Gasteiger partial charge in [-0.25, -0.2) is 0 Å². The third-order valence-electron chi connectivity index (χ3n) is 7.20. The average molecular weight is 386 g/mol. The largest absolute Gasteiger partial charge is 0.465 e. The first-order chi connectivity index (χ1) is 13.6. The fraction of sp³-hybridized carbons (Fsp3) is 0.652. The van der Waals surface area contributed by atoms with Crippen LogP contribution in [0.2, 0.25) is 0 Å². The maximum atomic E-state index is 13.6. The number of rotatable bonds is 7. The fourth-order valence-corrected chi connectivity index (χ4v) is 5.78. The van der Waals surface area contributed by atoms with Crippen molar-refractivity contribution < 1.29 is 19.1 Å². The molecular weight excluding hydrogens is 354 g/mol. The molecule has 0 N–H and O–H groups in total. The lowest BCUT2D eigenvalue weighted by atomic mass is 9.67. The molecule has 1 saturated carbocycles. The molecule has 2 saturated heterocycles. The van der Waals surface area contributed by atoms with Gasteiger partial charge in [0.25, 0.3) is 0 Å². The molecule has 0 spiro atoms. The molecule has 28 heavy (non-hydrogen) atoms. The topological polar surface area (TPSA) is 55.8 Å². The lowest BCUT2D eigenvalue weighted by molar-refractivity contribution is -0.160. The van der Waals surface area contributed by atoms with E-state index in [1.807, 2.05) is 25.1 Å². The molecule has 2 bridgehead atoms. The first-order valence-electron chi connectivity index (χ1n) is 10.6. The van der Waals surface area contributed by atoms with E-state index >= 15 is 0 Å². The molecule has 5 heteroatoms. The maximum Gasteiger partial charge on any atom is 0.314 e. The molecule has 1 aromatic carbocycles. The third-order valence-corrected chi connectivity index (χ3v) is 7.20. The summed E-state index contributed by atoms with van der Waals surface area (Å²) in [6, 6.07) is 10.2. The number of fused-ring (bicyclic) bond motifs is 2. The molecule has 152 valence electrons. The van der Waals surface area contributed by atoms with E-state index in [0.717, 1.165) is 37.7 Å². The van der Waals surface area contributed by atoms with Crippen molar-refractivity contribution in [2.24, 2.45) is 10.8 Å². The Balaban J connectivity index is 1.65. The van der Waals surface area contributed by atoms with Crippen molar-refractivity contribution in [2.45, 2.75) is 64.0 Å². The number of ether oxygens (including phenoxy) is 2. The Morgan fingerprint density at radius 2 is 1.93 bits per heavy atom. The first kappa shape index (κ1) is 19.4. The molecule has 0 radical (unpaired) electrons. The number of nitrogens with zero attached hydrogens (tertiary/aromatic N) is 1. The summed E-state index contributed by atoms with van der Waals surface area (Å²) in [5.74, 6) is 0.0607. The predicted molar refractivity (Wildman–Crippen MR) is 106 cm³/mol. The van der Waals surface area contributed by atoms with Crippen LogP contribution in [0.1, 0.15) is 51.0 Å². The predicted octanol–water partition coefficient (Wildman–Crippen LogP) is 3.36. The Hall–Kier alpha value is -1.88. The van der Waals surface area contributed by atoms with Crippen molar-refractivity contribution in [3.05, 3.63) is 35.9 Å². The molecule has 3 atom stereocenters. The van der Waals surface area contributed by atoms with Gasteiger partial charge >= 0.3 is 5.97 Å². The zero-order valence-corrected chi connectivity index (χ0v) is 17.0. The summed E-state index contributed by atoms with van der Waals surface area (Å²) in [5, 5.41) is 0. The molecule has 1 amide bonds. The summed E-state index contributed by atoms with van der Waals surface area (Å²) in [5.41, 5.74) is 0.117. The van der Waals surface area contributed by atoms with Crippen LogP contribution in [-0.4, -0.2) is 49.2 Å². The van der Waals surface area contributed by atoms with Crippen LogP contribution in [0.3, 0.4) is 0 Å². The molecule has 2 aliphatic heterocycles. The quantitative estimate of drug-likeness (QED) is 0.676. The molecule has 5 nitrogen and oxygen atoms in total. The lowest BCUT2D eigenvalue weighted by Crippen LogP contribution is -2.54. The highest BCUT2D eigenvalue weighted by Crippen LogP contribution is 2.55. The van der Waals surface area contributed by atoms with E-state index in [4.69, 9.17) is 9.47 Å². The van der Waals surface area contributed by atoms with Gasteiger partial charge in [-0.05, 0) is 51.0 Å². The van der Waals surface area contributed by atoms with Gasteiger partial charge in [-0.2, -0.15) is 0 Å². The van der Waals surface area contributed by atoms with Gasteiger partial charge in [0.15, 0.2) is 0 Å². The smallest absolute Gasteiger partial charge is 0.314 e. The summed E-state index contributed by atoms with van der Waals surface area (Å²) in [4.78, 5) is 28.9. The standard InChI is InChI=1S/C23H31NO4/c1-3-28-21(26)23(14-17-8-5-4-6-9-17)15-18-10-11-19(23)24(18)20(25)22(16-27-2)12-7-13-22/h4-6,8-9,18-19H,3,7,10-16H2,1-2H3/t18-,19+,23+/m1/s1. The minimum Gasteiger partial charge on any atom is -0.465 e. The van der Waals surface area contributed by atoms with Crippen LogP contribution in [0.5, 0.6) is 0 Å². The summed E-state index contributed by atoms with van der Waals surface area (Å²) in [6.45, 7) is 2.70. The molecule has 3 aliphatic rings. The van der Waals surface area contributed by atoms with Gasteiger partial charge in [-0.15, -0.1) is 0 Å². The van der Waals surface area contributed by atoms with Crippen LogP contribution in [-0.2, 0) is 25.5 Å². The highest BCUT2D eigenvalue weighted by Gasteiger charge is 2.64. The van der Waals surface area contributed by atoms with E-state index in [2.05, 4.69) is 17.0 Å². The van der Waals surface area contributed by atoms with E-state index in [1.54, 1.807) is 7.11 Å². The number of methoxy groups -OCH3 is 1. The van der Waals surface area contributed by atoms with E-state index in [1.165, 1.54) is 0 Å². The molecular formula is C23H31NO4. The normalized spacial score (nSPS) is 30.1. The van der Waals surface area contributed by atoms with Crippen LogP contribution in [0, 0.1) is 10.8 Å². The van der Waals surface area contributed by atoms with Gasteiger partial charge in [0.05, 0.1) is 24.0 Å². The van der Waals surface area contributed by atoms with E-state index in [0.29, 0.717) is 26.1 Å². The minimum atomic E-state index is -0.631. The van der Waals surface area contributed by atoms with Crippen LogP contribution in [0.4, 0.5) is 0 Å². The van der Waals surface area contributed by atoms with Crippen LogP contribution >= 0.6 is 0 Å². The molecule has 4 rings (SSSR count).